The number of carbonyl (C=O) groups is 1. The maximum Gasteiger partial charge on any atom is 0.271 e. The van der Waals surface area contributed by atoms with E-state index in [0.29, 0.717) is 10.7 Å². The lowest BCUT2D eigenvalue weighted by molar-refractivity contribution is 0.0955. The Morgan fingerprint density at radius 2 is 2.00 bits per heavy atom. The van der Waals surface area contributed by atoms with Gasteiger partial charge in [0.1, 0.15) is 5.56 Å². The summed E-state index contributed by atoms with van der Waals surface area (Å²) in [5.41, 5.74) is 9.09. The number of nitrogen functional groups attached to an aromatic ring is 2. The van der Waals surface area contributed by atoms with E-state index in [0.717, 1.165) is 5.56 Å². The number of benzene rings is 1. The number of hydrazine groups is 1. The maximum absolute atomic E-state index is 11.6. The van der Waals surface area contributed by atoms with E-state index in [1.807, 2.05) is 5.43 Å². The number of hydrogen-bond donors (Lipinski definition) is 4. The number of H-pyrrole nitrogens is 1. The Morgan fingerprint density at radius 3 is 2.59 bits per heavy atom. The number of halogens is 1. The number of nitrogens with zero attached hydrogens (tertiary/aromatic N) is 1. The molecule has 0 bridgehead atoms. The molecule has 6 N–H and O–H groups in total. The molecule has 2 aromatic rings. The van der Waals surface area contributed by atoms with Crippen molar-refractivity contribution in [2.45, 2.75) is 0 Å². The summed E-state index contributed by atoms with van der Waals surface area (Å²) in [6.45, 7) is 0. The largest absolute Gasteiger partial charge is 0.382 e. The molecule has 1 aromatic carbocycles. The highest BCUT2D eigenvalue weighted by atomic mass is 35.5. The summed E-state index contributed by atoms with van der Waals surface area (Å²) in [5.74, 6) is 4.68. The van der Waals surface area contributed by atoms with Crippen LogP contribution < -0.4 is 17.0 Å². The molecule has 0 aliphatic heterocycles. The Kier molecular flexibility index (Phi) is 2.99. The van der Waals surface area contributed by atoms with E-state index in [9.17, 15) is 4.79 Å². The van der Waals surface area contributed by atoms with Crippen LogP contribution in [-0.2, 0) is 0 Å². The SMILES string of the molecule is NNC(=O)c1c(N)n[nH]c1-c1ccc(Cl)cc1. The zero-order chi connectivity index (χ0) is 12.4. The summed E-state index contributed by atoms with van der Waals surface area (Å²) in [5, 5.41) is 7.08. The Bertz CT molecular complexity index is 548. The first-order valence-electron chi connectivity index (χ1n) is 4.74. The number of aromatic nitrogens is 2. The molecule has 0 saturated carbocycles. The second-order valence-corrected chi connectivity index (χ2v) is 3.78. The fraction of sp³-hybridized carbons (Fsp3) is 0. The van der Waals surface area contributed by atoms with Crippen LogP contribution in [-0.4, -0.2) is 16.1 Å². The Balaban J connectivity index is 2.52. The van der Waals surface area contributed by atoms with Gasteiger partial charge in [-0.1, -0.05) is 23.7 Å². The number of aromatic amines is 1. The van der Waals surface area contributed by atoms with Crippen molar-refractivity contribution in [2.75, 3.05) is 5.73 Å². The minimum absolute atomic E-state index is 0.0953. The number of carbonyl (C=O) groups excluding carboxylic acids is 1. The van der Waals surface area contributed by atoms with Crippen molar-refractivity contribution >= 4 is 23.3 Å². The van der Waals surface area contributed by atoms with E-state index < -0.39 is 5.91 Å². The smallest absolute Gasteiger partial charge is 0.271 e. The van der Waals surface area contributed by atoms with E-state index in [1.54, 1.807) is 24.3 Å². The van der Waals surface area contributed by atoms with Gasteiger partial charge in [-0.2, -0.15) is 5.10 Å². The number of hydrogen-bond acceptors (Lipinski definition) is 4. The van der Waals surface area contributed by atoms with Gasteiger partial charge in [-0.3, -0.25) is 15.3 Å². The Morgan fingerprint density at radius 1 is 1.35 bits per heavy atom. The average Bonchev–Trinajstić information content (AvgIpc) is 2.71. The highest BCUT2D eigenvalue weighted by molar-refractivity contribution is 6.30. The molecular weight excluding hydrogens is 242 g/mol. The maximum atomic E-state index is 11.6. The van der Waals surface area contributed by atoms with Gasteiger partial charge in [0.05, 0.1) is 5.69 Å². The molecule has 0 atom stereocenters. The quantitative estimate of drug-likeness (QED) is 0.361. The lowest BCUT2D eigenvalue weighted by Crippen LogP contribution is -2.30. The molecule has 88 valence electrons. The first kappa shape index (κ1) is 11.4. The zero-order valence-corrected chi connectivity index (χ0v) is 9.45. The summed E-state index contributed by atoms with van der Waals surface area (Å²) >= 11 is 5.78. The molecule has 2 rings (SSSR count). The molecule has 17 heavy (non-hydrogen) atoms. The van der Waals surface area contributed by atoms with Gasteiger partial charge in [0.2, 0.25) is 0 Å². The fourth-order valence-corrected chi connectivity index (χ4v) is 1.61. The van der Waals surface area contributed by atoms with Crippen LogP contribution in [0, 0.1) is 0 Å². The van der Waals surface area contributed by atoms with Crippen LogP contribution >= 0.6 is 11.6 Å². The van der Waals surface area contributed by atoms with Crippen LogP contribution in [0.1, 0.15) is 10.4 Å². The number of nitrogens with one attached hydrogen (secondary N) is 2. The molecule has 0 aliphatic rings. The van der Waals surface area contributed by atoms with Gasteiger partial charge < -0.3 is 5.73 Å². The molecule has 0 fully saturated rings. The fourth-order valence-electron chi connectivity index (χ4n) is 1.48. The van der Waals surface area contributed by atoms with Crippen LogP contribution in [0.5, 0.6) is 0 Å². The Labute approximate surface area is 102 Å². The Hall–Kier alpha value is -2.05. The predicted molar refractivity (Wildman–Crippen MR) is 65.1 cm³/mol. The number of rotatable bonds is 2. The van der Waals surface area contributed by atoms with Gasteiger partial charge >= 0.3 is 0 Å². The van der Waals surface area contributed by atoms with Crippen LogP contribution in [0.4, 0.5) is 5.82 Å². The van der Waals surface area contributed by atoms with Crippen molar-refractivity contribution in [3.8, 4) is 11.3 Å². The van der Waals surface area contributed by atoms with Gasteiger partial charge in [0.25, 0.3) is 5.91 Å². The molecule has 0 aliphatic carbocycles. The normalized spacial score (nSPS) is 10.2. The zero-order valence-electron chi connectivity index (χ0n) is 8.70. The lowest BCUT2D eigenvalue weighted by Gasteiger charge is -2.02. The monoisotopic (exact) mass is 251 g/mol. The molecule has 0 spiro atoms. The molecule has 1 amide bonds. The third-order valence-electron chi connectivity index (χ3n) is 2.29. The van der Waals surface area contributed by atoms with Gasteiger partial charge in [-0.05, 0) is 12.1 Å². The van der Waals surface area contributed by atoms with Gasteiger partial charge in [0, 0.05) is 10.6 Å². The van der Waals surface area contributed by atoms with Crippen molar-refractivity contribution in [3.63, 3.8) is 0 Å². The summed E-state index contributed by atoms with van der Waals surface area (Å²) in [6, 6.07) is 6.92. The van der Waals surface area contributed by atoms with Crippen molar-refractivity contribution < 1.29 is 4.79 Å². The molecule has 1 heterocycles. The van der Waals surface area contributed by atoms with Crippen LogP contribution in [0.2, 0.25) is 5.02 Å². The van der Waals surface area contributed by atoms with Crippen LogP contribution in [0.25, 0.3) is 11.3 Å². The van der Waals surface area contributed by atoms with Crippen molar-refractivity contribution in [1.82, 2.24) is 15.6 Å². The topological polar surface area (TPSA) is 110 Å². The molecule has 0 unspecified atom stereocenters. The third kappa shape index (κ3) is 2.08. The van der Waals surface area contributed by atoms with Gasteiger partial charge in [-0.25, -0.2) is 5.84 Å². The second kappa shape index (κ2) is 4.44. The van der Waals surface area contributed by atoms with E-state index >= 15 is 0 Å². The van der Waals surface area contributed by atoms with E-state index in [4.69, 9.17) is 23.2 Å². The predicted octanol–water partition coefficient (Wildman–Crippen LogP) is 0.916. The van der Waals surface area contributed by atoms with Crippen molar-refractivity contribution in [2.24, 2.45) is 5.84 Å². The summed E-state index contributed by atoms with van der Waals surface area (Å²) < 4.78 is 0. The second-order valence-electron chi connectivity index (χ2n) is 3.34. The summed E-state index contributed by atoms with van der Waals surface area (Å²) in [6.07, 6.45) is 0. The highest BCUT2D eigenvalue weighted by Gasteiger charge is 2.18. The standard InChI is InChI=1S/C10H10ClN5O/c11-6-3-1-5(2-4-6)8-7(10(17)14-13)9(12)16-15-8/h1-4H,13H2,(H,14,17)(H3,12,15,16). The van der Waals surface area contributed by atoms with E-state index in [1.165, 1.54) is 0 Å². The third-order valence-corrected chi connectivity index (χ3v) is 2.54. The van der Waals surface area contributed by atoms with E-state index in [2.05, 4.69) is 10.2 Å². The van der Waals surface area contributed by atoms with Crippen molar-refractivity contribution in [3.05, 3.63) is 34.9 Å². The molecule has 1 aromatic heterocycles. The van der Waals surface area contributed by atoms with Gasteiger partial charge in [0.15, 0.2) is 5.82 Å². The first-order chi connectivity index (χ1) is 8.13. The number of anilines is 1. The minimum Gasteiger partial charge on any atom is -0.382 e. The van der Waals surface area contributed by atoms with Crippen LogP contribution in [0.15, 0.2) is 24.3 Å². The summed E-state index contributed by atoms with van der Waals surface area (Å²) in [7, 11) is 0. The lowest BCUT2D eigenvalue weighted by atomic mass is 10.1. The van der Waals surface area contributed by atoms with Gasteiger partial charge in [-0.15, -0.1) is 0 Å². The molecule has 7 heteroatoms. The highest BCUT2D eigenvalue weighted by Crippen LogP contribution is 2.26. The molecule has 6 nitrogen and oxygen atoms in total. The van der Waals surface area contributed by atoms with E-state index in [-0.39, 0.29) is 11.4 Å². The average molecular weight is 252 g/mol. The number of amides is 1. The summed E-state index contributed by atoms with van der Waals surface area (Å²) in [4.78, 5) is 11.6. The van der Waals surface area contributed by atoms with Crippen LogP contribution in [0.3, 0.4) is 0 Å². The first-order valence-corrected chi connectivity index (χ1v) is 5.12. The molecule has 0 saturated heterocycles. The molecular formula is C10H10ClN5O. The van der Waals surface area contributed by atoms with Crippen molar-refractivity contribution in [1.29, 1.82) is 0 Å². The number of nitrogens with two attached hydrogens (primary N) is 2. The molecule has 0 radical (unpaired) electrons. The minimum atomic E-state index is -0.499.